The highest BCUT2D eigenvalue weighted by molar-refractivity contribution is 5.97. The number of hydrogen-bond donors (Lipinski definition) is 1. The number of aromatic amines is 1. The molecule has 0 saturated carbocycles. The zero-order chi connectivity index (χ0) is 15.5. The summed E-state index contributed by atoms with van der Waals surface area (Å²) in [6, 6.07) is 17.5. The second-order valence-corrected chi connectivity index (χ2v) is 5.28. The van der Waals surface area contributed by atoms with Crippen LogP contribution in [0.2, 0.25) is 0 Å². The monoisotopic (exact) mass is 294 g/mol. The normalized spacial score (nSPS) is 10.6. The van der Waals surface area contributed by atoms with Gasteiger partial charge in [0.1, 0.15) is 11.4 Å². The van der Waals surface area contributed by atoms with Crippen LogP contribution in [0.1, 0.15) is 16.1 Å². The first-order valence-corrected chi connectivity index (χ1v) is 7.13. The van der Waals surface area contributed by atoms with Crippen LogP contribution in [-0.2, 0) is 6.54 Å². The first-order valence-electron chi connectivity index (χ1n) is 7.13. The molecule has 0 atom stereocenters. The van der Waals surface area contributed by atoms with Crippen LogP contribution in [-0.4, -0.2) is 29.9 Å². The molecule has 1 amide bonds. The molecule has 2 aromatic carbocycles. The Hall–Kier alpha value is -2.75. The van der Waals surface area contributed by atoms with Crippen molar-refractivity contribution >= 4 is 16.8 Å². The molecule has 112 valence electrons. The highest BCUT2D eigenvalue weighted by Gasteiger charge is 2.14. The summed E-state index contributed by atoms with van der Waals surface area (Å²) in [6.45, 7) is 0.554. The number of methoxy groups -OCH3 is 1. The van der Waals surface area contributed by atoms with E-state index < -0.39 is 0 Å². The molecule has 4 nitrogen and oxygen atoms in total. The Kier molecular flexibility index (Phi) is 3.83. The van der Waals surface area contributed by atoms with Gasteiger partial charge in [-0.3, -0.25) is 4.79 Å². The number of para-hydroxylation sites is 1. The molecule has 0 bridgehead atoms. The highest BCUT2D eigenvalue weighted by atomic mass is 16.5. The number of benzene rings is 2. The van der Waals surface area contributed by atoms with Gasteiger partial charge in [-0.2, -0.15) is 0 Å². The van der Waals surface area contributed by atoms with Crippen molar-refractivity contribution in [2.45, 2.75) is 6.54 Å². The Morgan fingerprint density at radius 3 is 2.55 bits per heavy atom. The number of fused-ring (bicyclic) bond motifs is 1. The summed E-state index contributed by atoms with van der Waals surface area (Å²) in [6.07, 6.45) is 0. The summed E-state index contributed by atoms with van der Waals surface area (Å²) in [4.78, 5) is 17.4. The fourth-order valence-corrected chi connectivity index (χ4v) is 2.47. The zero-order valence-electron chi connectivity index (χ0n) is 12.7. The predicted octanol–water partition coefficient (Wildman–Crippen LogP) is 3.45. The van der Waals surface area contributed by atoms with E-state index in [1.54, 1.807) is 19.1 Å². The van der Waals surface area contributed by atoms with Gasteiger partial charge in [0.05, 0.1) is 7.11 Å². The SMILES string of the molecule is COc1ccc(CN(C)C(=O)c2cc3ccccc3[nH]2)cc1. The van der Waals surface area contributed by atoms with Crippen LogP contribution < -0.4 is 4.74 Å². The van der Waals surface area contributed by atoms with Crippen molar-refractivity contribution in [2.24, 2.45) is 0 Å². The summed E-state index contributed by atoms with van der Waals surface area (Å²) in [5.41, 5.74) is 2.65. The van der Waals surface area contributed by atoms with E-state index in [1.807, 2.05) is 54.6 Å². The molecule has 0 fully saturated rings. The zero-order valence-corrected chi connectivity index (χ0v) is 12.7. The minimum Gasteiger partial charge on any atom is -0.497 e. The lowest BCUT2D eigenvalue weighted by atomic mass is 10.2. The average molecular weight is 294 g/mol. The lowest BCUT2D eigenvalue weighted by Gasteiger charge is -2.16. The summed E-state index contributed by atoms with van der Waals surface area (Å²) < 4.78 is 5.14. The molecule has 0 aliphatic rings. The quantitative estimate of drug-likeness (QED) is 0.801. The molecule has 0 radical (unpaired) electrons. The van der Waals surface area contributed by atoms with E-state index in [0.717, 1.165) is 22.2 Å². The Bertz CT molecular complexity index is 757. The van der Waals surface area contributed by atoms with Gasteiger partial charge in [-0.05, 0) is 29.8 Å². The Balaban J connectivity index is 1.75. The van der Waals surface area contributed by atoms with Gasteiger partial charge in [-0.25, -0.2) is 0 Å². The van der Waals surface area contributed by atoms with E-state index in [-0.39, 0.29) is 5.91 Å². The van der Waals surface area contributed by atoms with E-state index in [2.05, 4.69) is 4.98 Å². The molecule has 4 heteroatoms. The number of nitrogens with zero attached hydrogens (tertiary/aromatic N) is 1. The number of amides is 1. The molecule has 0 aliphatic heterocycles. The maximum Gasteiger partial charge on any atom is 0.270 e. The van der Waals surface area contributed by atoms with E-state index in [9.17, 15) is 4.79 Å². The van der Waals surface area contributed by atoms with Gasteiger partial charge < -0.3 is 14.6 Å². The molecule has 1 heterocycles. The molecule has 0 unspecified atom stereocenters. The molecule has 0 saturated heterocycles. The summed E-state index contributed by atoms with van der Waals surface area (Å²) >= 11 is 0. The standard InChI is InChI=1S/C18H18N2O2/c1-20(12-13-7-9-15(22-2)10-8-13)18(21)17-11-14-5-3-4-6-16(14)19-17/h3-11,19H,12H2,1-2H3. The Morgan fingerprint density at radius 1 is 1.14 bits per heavy atom. The predicted molar refractivity (Wildman–Crippen MR) is 87.1 cm³/mol. The van der Waals surface area contributed by atoms with Crippen molar-refractivity contribution in [1.82, 2.24) is 9.88 Å². The Morgan fingerprint density at radius 2 is 1.86 bits per heavy atom. The molecule has 3 aromatic rings. The van der Waals surface area contributed by atoms with E-state index in [0.29, 0.717) is 12.2 Å². The number of rotatable bonds is 4. The van der Waals surface area contributed by atoms with Gasteiger partial charge in [0.2, 0.25) is 0 Å². The minimum absolute atomic E-state index is 0.0213. The lowest BCUT2D eigenvalue weighted by molar-refractivity contribution is 0.0780. The molecule has 0 aliphatic carbocycles. The van der Waals surface area contributed by atoms with Crippen molar-refractivity contribution < 1.29 is 9.53 Å². The second kappa shape index (κ2) is 5.93. The number of carbonyl (C=O) groups is 1. The fourth-order valence-electron chi connectivity index (χ4n) is 2.47. The molecular weight excluding hydrogens is 276 g/mol. The Labute approximate surface area is 129 Å². The van der Waals surface area contributed by atoms with Crippen LogP contribution >= 0.6 is 0 Å². The van der Waals surface area contributed by atoms with Crippen LogP contribution in [0.3, 0.4) is 0 Å². The van der Waals surface area contributed by atoms with Crippen LogP contribution in [0.5, 0.6) is 5.75 Å². The maximum atomic E-state index is 12.5. The third kappa shape index (κ3) is 2.81. The van der Waals surface area contributed by atoms with E-state index >= 15 is 0 Å². The first-order chi connectivity index (χ1) is 10.7. The lowest BCUT2D eigenvalue weighted by Crippen LogP contribution is -2.26. The summed E-state index contributed by atoms with van der Waals surface area (Å²) in [5.74, 6) is 0.792. The fraction of sp³-hybridized carbons (Fsp3) is 0.167. The molecule has 22 heavy (non-hydrogen) atoms. The van der Waals surface area contributed by atoms with Gasteiger partial charge in [0.25, 0.3) is 5.91 Å². The van der Waals surface area contributed by atoms with Crippen molar-refractivity contribution in [3.8, 4) is 5.75 Å². The number of H-pyrrole nitrogens is 1. The average Bonchev–Trinajstić information content (AvgIpc) is 2.98. The van der Waals surface area contributed by atoms with E-state index in [1.165, 1.54) is 0 Å². The van der Waals surface area contributed by atoms with Crippen LogP contribution in [0, 0.1) is 0 Å². The van der Waals surface area contributed by atoms with Gasteiger partial charge in [-0.15, -0.1) is 0 Å². The van der Waals surface area contributed by atoms with E-state index in [4.69, 9.17) is 4.74 Å². The van der Waals surface area contributed by atoms with Crippen molar-refractivity contribution in [3.05, 3.63) is 65.9 Å². The minimum atomic E-state index is -0.0213. The van der Waals surface area contributed by atoms with Crippen LogP contribution in [0.15, 0.2) is 54.6 Å². The van der Waals surface area contributed by atoms with Crippen molar-refractivity contribution in [1.29, 1.82) is 0 Å². The largest absolute Gasteiger partial charge is 0.497 e. The smallest absolute Gasteiger partial charge is 0.270 e. The van der Waals surface area contributed by atoms with Crippen molar-refractivity contribution in [3.63, 3.8) is 0 Å². The number of carbonyl (C=O) groups excluding carboxylic acids is 1. The maximum absolute atomic E-state index is 12.5. The third-order valence-electron chi connectivity index (χ3n) is 3.69. The first kappa shape index (κ1) is 14.2. The number of hydrogen-bond acceptors (Lipinski definition) is 2. The topological polar surface area (TPSA) is 45.3 Å². The number of nitrogens with one attached hydrogen (secondary N) is 1. The van der Waals surface area contributed by atoms with Gasteiger partial charge in [-0.1, -0.05) is 30.3 Å². The second-order valence-electron chi connectivity index (χ2n) is 5.28. The molecular formula is C18H18N2O2. The van der Waals surface area contributed by atoms with Gasteiger partial charge in [0.15, 0.2) is 0 Å². The van der Waals surface area contributed by atoms with Gasteiger partial charge >= 0.3 is 0 Å². The van der Waals surface area contributed by atoms with Crippen LogP contribution in [0.4, 0.5) is 0 Å². The van der Waals surface area contributed by atoms with Crippen LogP contribution in [0.25, 0.3) is 10.9 Å². The summed E-state index contributed by atoms with van der Waals surface area (Å²) in [5, 5.41) is 1.05. The van der Waals surface area contributed by atoms with Gasteiger partial charge in [0, 0.05) is 24.5 Å². The van der Waals surface area contributed by atoms with Crippen molar-refractivity contribution in [2.75, 3.05) is 14.2 Å². The third-order valence-corrected chi connectivity index (χ3v) is 3.69. The molecule has 1 aromatic heterocycles. The number of ether oxygens (including phenoxy) is 1. The summed E-state index contributed by atoms with van der Waals surface area (Å²) in [7, 11) is 3.44. The number of aromatic nitrogens is 1. The molecule has 0 spiro atoms. The molecule has 1 N–H and O–H groups in total. The highest BCUT2D eigenvalue weighted by Crippen LogP contribution is 2.17. The molecule has 3 rings (SSSR count).